The molecule has 0 bridgehead atoms. The van der Waals surface area contributed by atoms with Gasteiger partial charge in [-0.05, 0) is 24.8 Å². The molecule has 2 rings (SSSR count). The van der Waals surface area contributed by atoms with E-state index in [4.69, 9.17) is 4.74 Å². The highest BCUT2D eigenvalue weighted by Gasteiger charge is 2.38. The van der Waals surface area contributed by atoms with Crippen molar-refractivity contribution in [1.82, 2.24) is 0 Å². The molecular formula is C21H26O6. The molecule has 0 saturated heterocycles. The molecule has 6 nitrogen and oxygen atoms in total. The van der Waals surface area contributed by atoms with E-state index >= 15 is 0 Å². The standard InChI is InChI=1S/C21H26O6/c1-2-8-15(19(22)23)13-18(14-9-4-3-5-10-14)27-21(26)17-12-7-6-11-16(17)20(24)25/h2-5,9-10,15-18H,1,6-8,11-13H2,(H,22,23)(H,24,25)/t15?,16-,17+,18?/m0/s1. The second kappa shape index (κ2) is 9.90. The first-order chi connectivity index (χ1) is 12.9. The number of carboxylic acids is 2. The molecule has 0 aromatic heterocycles. The van der Waals surface area contributed by atoms with Gasteiger partial charge in [-0.25, -0.2) is 0 Å². The lowest BCUT2D eigenvalue weighted by molar-refractivity contribution is -0.165. The first-order valence-corrected chi connectivity index (χ1v) is 9.26. The molecule has 1 aliphatic carbocycles. The summed E-state index contributed by atoms with van der Waals surface area (Å²) >= 11 is 0. The number of carbonyl (C=O) groups is 3. The van der Waals surface area contributed by atoms with Crippen molar-refractivity contribution in [2.75, 3.05) is 0 Å². The molecule has 1 aromatic carbocycles. The topological polar surface area (TPSA) is 101 Å². The van der Waals surface area contributed by atoms with Crippen LogP contribution in [-0.2, 0) is 19.1 Å². The van der Waals surface area contributed by atoms with Crippen LogP contribution in [0.5, 0.6) is 0 Å². The largest absolute Gasteiger partial charge is 0.481 e. The molecule has 0 radical (unpaired) electrons. The van der Waals surface area contributed by atoms with Gasteiger partial charge in [-0.15, -0.1) is 6.58 Å². The Labute approximate surface area is 158 Å². The lowest BCUT2D eigenvalue weighted by Crippen LogP contribution is -2.34. The first kappa shape index (κ1) is 20.7. The Bertz CT molecular complexity index is 669. The molecular weight excluding hydrogens is 348 g/mol. The summed E-state index contributed by atoms with van der Waals surface area (Å²) in [6, 6.07) is 8.96. The maximum Gasteiger partial charge on any atom is 0.310 e. The lowest BCUT2D eigenvalue weighted by atomic mass is 9.79. The van der Waals surface area contributed by atoms with Gasteiger partial charge >= 0.3 is 17.9 Å². The quantitative estimate of drug-likeness (QED) is 0.503. The molecule has 27 heavy (non-hydrogen) atoms. The molecule has 2 N–H and O–H groups in total. The van der Waals surface area contributed by atoms with Crippen molar-refractivity contribution < 1.29 is 29.3 Å². The fourth-order valence-electron chi connectivity index (χ4n) is 3.61. The van der Waals surface area contributed by atoms with Gasteiger partial charge in [0.05, 0.1) is 17.8 Å². The zero-order chi connectivity index (χ0) is 19.8. The fourth-order valence-corrected chi connectivity index (χ4v) is 3.61. The first-order valence-electron chi connectivity index (χ1n) is 9.26. The minimum absolute atomic E-state index is 0.113. The van der Waals surface area contributed by atoms with Gasteiger partial charge in [0, 0.05) is 6.42 Å². The number of allylic oxidation sites excluding steroid dienone is 1. The van der Waals surface area contributed by atoms with Crippen molar-refractivity contribution in [2.45, 2.75) is 44.6 Å². The van der Waals surface area contributed by atoms with Gasteiger partial charge in [0.25, 0.3) is 0 Å². The zero-order valence-corrected chi connectivity index (χ0v) is 15.3. The molecule has 0 amide bonds. The van der Waals surface area contributed by atoms with Crippen molar-refractivity contribution >= 4 is 17.9 Å². The molecule has 6 heteroatoms. The van der Waals surface area contributed by atoms with E-state index in [-0.39, 0.29) is 12.8 Å². The molecule has 4 atom stereocenters. The summed E-state index contributed by atoms with van der Waals surface area (Å²) in [5.74, 6) is -4.69. The summed E-state index contributed by atoms with van der Waals surface area (Å²) in [7, 11) is 0. The van der Waals surface area contributed by atoms with E-state index in [0.717, 1.165) is 12.8 Å². The minimum Gasteiger partial charge on any atom is -0.481 e. The molecule has 1 aromatic rings. The van der Waals surface area contributed by atoms with Crippen LogP contribution in [0.1, 0.15) is 50.2 Å². The number of carbonyl (C=O) groups excluding carboxylic acids is 1. The van der Waals surface area contributed by atoms with Crippen LogP contribution in [0.25, 0.3) is 0 Å². The summed E-state index contributed by atoms with van der Waals surface area (Å²) in [4.78, 5) is 35.8. The number of benzene rings is 1. The van der Waals surface area contributed by atoms with Crippen LogP contribution in [0, 0.1) is 17.8 Å². The monoisotopic (exact) mass is 374 g/mol. The lowest BCUT2D eigenvalue weighted by Gasteiger charge is -2.29. The third kappa shape index (κ3) is 5.67. The van der Waals surface area contributed by atoms with Gasteiger partial charge in [-0.3, -0.25) is 14.4 Å². The van der Waals surface area contributed by atoms with Crippen LogP contribution in [0.15, 0.2) is 43.0 Å². The van der Waals surface area contributed by atoms with Crippen LogP contribution in [0.2, 0.25) is 0 Å². The van der Waals surface area contributed by atoms with Crippen molar-refractivity contribution in [1.29, 1.82) is 0 Å². The molecule has 0 spiro atoms. The Hall–Kier alpha value is -2.63. The summed E-state index contributed by atoms with van der Waals surface area (Å²) in [6.45, 7) is 3.59. The molecule has 1 saturated carbocycles. The van der Waals surface area contributed by atoms with Crippen molar-refractivity contribution in [3.63, 3.8) is 0 Å². The number of aliphatic carboxylic acids is 2. The van der Waals surface area contributed by atoms with Crippen LogP contribution >= 0.6 is 0 Å². The van der Waals surface area contributed by atoms with Crippen LogP contribution in [0.4, 0.5) is 0 Å². The predicted octanol–water partition coefficient (Wildman–Crippen LogP) is 3.83. The summed E-state index contributed by atoms with van der Waals surface area (Å²) in [5.41, 5.74) is 0.698. The van der Waals surface area contributed by atoms with E-state index in [0.29, 0.717) is 18.4 Å². The summed E-state index contributed by atoms with van der Waals surface area (Å²) in [5, 5.41) is 18.8. The Morgan fingerprint density at radius 1 is 1.11 bits per heavy atom. The maximum absolute atomic E-state index is 12.8. The Morgan fingerprint density at radius 2 is 1.74 bits per heavy atom. The van der Waals surface area contributed by atoms with Gasteiger partial charge in [0.2, 0.25) is 0 Å². The highest BCUT2D eigenvalue weighted by atomic mass is 16.5. The average Bonchev–Trinajstić information content (AvgIpc) is 2.67. The van der Waals surface area contributed by atoms with E-state index in [2.05, 4.69) is 6.58 Å². The smallest absolute Gasteiger partial charge is 0.310 e. The van der Waals surface area contributed by atoms with Gasteiger partial charge in [-0.2, -0.15) is 0 Å². The average molecular weight is 374 g/mol. The molecule has 1 aliphatic rings. The van der Waals surface area contributed by atoms with Crippen LogP contribution in [-0.4, -0.2) is 28.1 Å². The number of hydrogen-bond acceptors (Lipinski definition) is 4. The molecule has 0 aliphatic heterocycles. The summed E-state index contributed by atoms with van der Waals surface area (Å²) < 4.78 is 5.68. The third-order valence-electron chi connectivity index (χ3n) is 5.11. The van der Waals surface area contributed by atoms with Crippen molar-refractivity contribution in [3.8, 4) is 0 Å². The van der Waals surface area contributed by atoms with E-state index in [1.54, 1.807) is 24.3 Å². The SMILES string of the molecule is C=CCC(CC(OC(=O)[C@@H]1CCCC[C@@H]1C(=O)O)c1ccccc1)C(=O)O. The minimum atomic E-state index is -0.983. The molecule has 146 valence electrons. The van der Waals surface area contributed by atoms with Crippen LogP contribution < -0.4 is 0 Å². The van der Waals surface area contributed by atoms with Crippen LogP contribution in [0.3, 0.4) is 0 Å². The second-order valence-electron chi connectivity index (χ2n) is 6.97. The maximum atomic E-state index is 12.8. The zero-order valence-electron chi connectivity index (χ0n) is 15.3. The van der Waals surface area contributed by atoms with Gasteiger partial charge in [-0.1, -0.05) is 49.2 Å². The van der Waals surface area contributed by atoms with Gasteiger partial charge < -0.3 is 14.9 Å². The predicted molar refractivity (Wildman–Crippen MR) is 98.9 cm³/mol. The molecule has 1 fully saturated rings. The van der Waals surface area contributed by atoms with E-state index in [1.165, 1.54) is 6.08 Å². The normalized spacial score (nSPS) is 21.6. The summed E-state index contributed by atoms with van der Waals surface area (Å²) in [6.07, 6.45) is 3.67. The number of carboxylic acid groups (broad SMARTS) is 2. The Morgan fingerprint density at radius 3 is 2.30 bits per heavy atom. The van der Waals surface area contributed by atoms with E-state index in [1.807, 2.05) is 6.07 Å². The highest BCUT2D eigenvalue weighted by Crippen LogP contribution is 2.34. The Balaban J connectivity index is 2.20. The van der Waals surface area contributed by atoms with Gasteiger partial charge in [0.15, 0.2) is 0 Å². The molecule has 0 heterocycles. The van der Waals surface area contributed by atoms with Crippen molar-refractivity contribution in [2.24, 2.45) is 17.8 Å². The molecule has 2 unspecified atom stereocenters. The number of esters is 1. The number of rotatable bonds is 9. The fraction of sp³-hybridized carbons (Fsp3) is 0.476. The third-order valence-corrected chi connectivity index (χ3v) is 5.11. The van der Waals surface area contributed by atoms with Crippen molar-refractivity contribution in [3.05, 3.63) is 48.6 Å². The van der Waals surface area contributed by atoms with Gasteiger partial charge in [0.1, 0.15) is 6.10 Å². The van der Waals surface area contributed by atoms with E-state index in [9.17, 15) is 24.6 Å². The number of hydrogen-bond donors (Lipinski definition) is 2. The second-order valence-corrected chi connectivity index (χ2v) is 6.97. The van der Waals surface area contributed by atoms with E-state index < -0.39 is 41.8 Å². The number of ether oxygens (including phenoxy) is 1. The Kier molecular flexibility index (Phi) is 7.58. The highest BCUT2D eigenvalue weighted by molar-refractivity contribution is 5.81.